The molecule has 1 aromatic heterocycles. The predicted molar refractivity (Wildman–Crippen MR) is 99.7 cm³/mol. The number of pyridine rings is 1. The Labute approximate surface area is 147 Å². The third-order valence-electron chi connectivity index (χ3n) is 4.13. The molecule has 0 bridgehead atoms. The van der Waals surface area contributed by atoms with E-state index in [1.165, 1.54) is 17.7 Å². The van der Waals surface area contributed by atoms with Gasteiger partial charge < -0.3 is 10.2 Å². The van der Waals surface area contributed by atoms with Crippen LogP contribution in [0.4, 0.5) is 5.82 Å². The molecule has 5 heteroatoms. The maximum atomic E-state index is 12.3. The van der Waals surface area contributed by atoms with Crippen LogP contribution in [0, 0.1) is 0 Å². The summed E-state index contributed by atoms with van der Waals surface area (Å²) in [6, 6.07) is 12.1. The number of hydrogen-bond acceptors (Lipinski definition) is 4. The number of carbonyl (C=O) groups is 1. The Morgan fingerprint density at radius 2 is 1.92 bits per heavy atom. The van der Waals surface area contributed by atoms with Crippen molar-refractivity contribution in [1.82, 2.24) is 10.3 Å². The topological polar surface area (TPSA) is 45.2 Å². The normalized spacial score (nSPS) is 14.0. The lowest BCUT2D eigenvalue weighted by Gasteiger charge is -2.16. The van der Waals surface area contributed by atoms with Crippen LogP contribution in [-0.4, -0.2) is 29.7 Å². The van der Waals surface area contributed by atoms with Crippen molar-refractivity contribution in [2.45, 2.75) is 31.2 Å². The van der Waals surface area contributed by atoms with Crippen molar-refractivity contribution in [3.05, 3.63) is 53.7 Å². The molecule has 2 heterocycles. The molecule has 1 aliphatic heterocycles. The summed E-state index contributed by atoms with van der Waals surface area (Å²) < 4.78 is 0. The van der Waals surface area contributed by atoms with Gasteiger partial charge in [0.1, 0.15) is 5.82 Å². The Hall–Kier alpha value is -2.01. The molecule has 0 atom stereocenters. The molecule has 4 nitrogen and oxygen atoms in total. The highest BCUT2D eigenvalue weighted by molar-refractivity contribution is 7.99. The number of hydrogen-bond donors (Lipinski definition) is 1. The quantitative estimate of drug-likeness (QED) is 0.813. The van der Waals surface area contributed by atoms with E-state index < -0.39 is 0 Å². The molecule has 1 aliphatic rings. The number of benzene rings is 1. The maximum absolute atomic E-state index is 12.3. The second kappa shape index (κ2) is 8.20. The Bertz CT molecular complexity index is 664. The highest BCUT2D eigenvalue weighted by atomic mass is 32.2. The van der Waals surface area contributed by atoms with Crippen LogP contribution in [0.3, 0.4) is 0 Å². The van der Waals surface area contributed by atoms with Gasteiger partial charge in [-0.3, -0.25) is 4.79 Å². The largest absolute Gasteiger partial charge is 0.357 e. The van der Waals surface area contributed by atoms with Crippen LogP contribution in [0.2, 0.25) is 0 Å². The van der Waals surface area contributed by atoms with Gasteiger partial charge in [0.05, 0.1) is 5.56 Å². The summed E-state index contributed by atoms with van der Waals surface area (Å²) in [6.45, 7) is 4.79. The molecule has 2 aromatic rings. The Kier molecular flexibility index (Phi) is 5.75. The highest BCUT2D eigenvalue weighted by Gasteiger charge is 2.14. The van der Waals surface area contributed by atoms with Crippen LogP contribution in [0.25, 0.3) is 0 Å². The van der Waals surface area contributed by atoms with E-state index in [1.54, 1.807) is 6.20 Å². The monoisotopic (exact) mass is 341 g/mol. The van der Waals surface area contributed by atoms with Gasteiger partial charge in [-0.15, -0.1) is 11.8 Å². The number of nitrogens with zero attached hydrogens (tertiary/aromatic N) is 2. The van der Waals surface area contributed by atoms with Crippen molar-refractivity contribution >= 4 is 23.5 Å². The number of nitrogens with one attached hydrogen (secondary N) is 1. The molecule has 1 saturated heterocycles. The van der Waals surface area contributed by atoms with Gasteiger partial charge in [-0.1, -0.05) is 19.1 Å². The average molecular weight is 341 g/mol. The molecule has 24 heavy (non-hydrogen) atoms. The molecular weight excluding hydrogens is 318 g/mol. The van der Waals surface area contributed by atoms with Crippen LogP contribution in [0.1, 0.15) is 35.7 Å². The number of thioether (sulfide) groups is 1. The number of carbonyl (C=O) groups excluding carboxylic acids is 1. The minimum Gasteiger partial charge on any atom is -0.357 e. The van der Waals surface area contributed by atoms with Gasteiger partial charge in [-0.05, 0) is 48.4 Å². The number of anilines is 1. The summed E-state index contributed by atoms with van der Waals surface area (Å²) in [5, 5.41) is 2.96. The fraction of sp³-hybridized carbons (Fsp3) is 0.368. The third-order valence-corrected chi connectivity index (χ3v) is 5.02. The standard InChI is InChI=1S/C19H23N3OS/c1-2-24-17-8-5-15(6-9-17)13-21-19(23)16-7-10-18(20-14-16)22-11-3-4-12-22/h5-10,14H,2-4,11-13H2,1H3,(H,21,23). The number of rotatable bonds is 6. The molecule has 1 aromatic carbocycles. The van der Waals surface area contributed by atoms with Gasteiger partial charge in [-0.25, -0.2) is 4.98 Å². The minimum absolute atomic E-state index is 0.0810. The van der Waals surface area contributed by atoms with Crippen LogP contribution in [0.5, 0.6) is 0 Å². The summed E-state index contributed by atoms with van der Waals surface area (Å²) in [7, 11) is 0. The molecule has 1 amide bonds. The first-order valence-corrected chi connectivity index (χ1v) is 9.46. The lowest BCUT2D eigenvalue weighted by Crippen LogP contribution is -2.23. The number of aromatic nitrogens is 1. The van der Waals surface area contributed by atoms with Crippen molar-refractivity contribution in [3.8, 4) is 0 Å². The van der Waals surface area contributed by atoms with E-state index in [4.69, 9.17) is 0 Å². The van der Waals surface area contributed by atoms with Crippen LogP contribution in [-0.2, 0) is 6.54 Å². The lowest BCUT2D eigenvalue weighted by atomic mass is 10.2. The van der Waals surface area contributed by atoms with E-state index in [0.29, 0.717) is 12.1 Å². The third kappa shape index (κ3) is 4.29. The molecule has 0 spiro atoms. The molecule has 1 fully saturated rings. The molecule has 0 saturated carbocycles. The Morgan fingerprint density at radius 1 is 1.17 bits per heavy atom. The molecule has 0 radical (unpaired) electrons. The van der Waals surface area contributed by atoms with Crippen LogP contribution in [0.15, 0.2) is 47.5 Å². The minimum atomic E-state index is -0.0810. The summed E-state index contributed by atoms with van der Waals surface area (Å²) >= 11 is 1.82. The number of amides is 1. The lowest BCUT2D eigenvalue weighted by molar-refractivity contribution is 0.0950. The Morgan fingerprint density at radius 3 is 2.54 bits per heavy atom. The SMILES string of the molecule is CCSc1ccc(CNC(=O)c2ccc(N3CCCC3)nc2)cc1. The zero-order chi connectivity index (χ0) is 16.8. The molecular formula is C19H23N3OS. The summed E-state index contributed by atoms with van der Waals surface area (Å²) in [6.07, 6.45) is 4.11. The van der Waals surface area contributed by atoms with E-state index in [1.807, 2.05) is 23.9 Å². The molecule has 126 valence electrons. The van der Waals surface area contributed by atoms with E-state index in [9.17, 15) is 4.79 Å². The molecule has 3 rings (SSSR count). The van der Waals surface area contributed by atoms with Crippen LogP contribution < -0.4 is 10.2 Å². The van der Waals surface area contributed by atoms with E-state index in [-0.39, 0.29) is 5.91 Å². The Balaban J connectivity index is 1.54. The van der Waals surface area contributed by atoms with Crippen LogP contribution >= 0.6 is 11.8 Å². The van der Waals surface area contributed by atoms with Gasteiger partial charge in [0, 0.05) is 30.7 Å². The van der Waals surface area contributed by atoms with E-state index in [0.717, 1.165) is 30.2 Å². The first-order valence-electron chi connectivity index (χ1n) is 8.47. The van der Waals surface area contributed by atoms with Gasteiger partial charge in [-0.2, -0.15) is 0 Å². The van der Waals surface area contributed by atoms with Crippen molar-refractivity contribution in [3.63, 3.8) is 0 Å². The average Bonchev–Trinajstić information content (AvgIpc) is 3.16. The zero-order valence-electron chi connectivity index (χ0n) is 14.0. The van der Waals surface area contributed by atoms with Gasteiger partial charge in [0.15, 0.2) is 0 Å². The highest BCUT2D eigenvalue weighted by Crippen LogP contribution is 2.18. The fourth-order valence-corrected chi connectivity index (χ4v) is 3.47. The summed E-state index contributed by atoms with van der Waals surface area (Å²) in [5.74, 6) is 1.95. The maximum Gasteiger partial charge on any atom is 0.253 e. The van der Waals surface area contributed by atoms with Crippen molar-refractivity contribution in [1.29, 1.82) is 0 Å². The fourth-order valence-electron chi connectivity index (χ4n) is 2.81. The zero-order valence-corrected chi connectivity index (χ0v) is 14.8. The molecule has 1 N–H and O–H groups in total. The van der Waals surface area contributed by atoms with Crippen molar-refractivity contribution in [2.24, 2.45) is 0 Å². The second-order valence-corrected chi connectivity index (χ2v) is 7.20. The summed E-state index contributed by atoms with van der Waals surface area (Å²) in [5.41, 5.74) is 1.71. The molecule has 0 unspecified atom stereocenters. The summed E-state index contributed by atoms with van der Waals surface area (Å²) in [4.78, 5) is 20.2. The first kappa shape index (κ1) is 16.8. The first-order chi connectivity index (χ1) is 11.8. The van der Waals surface area contributed by atoms with E-state index in [2.05, 4.69) is 46.4 Å². The predicted octanol–water partition coefficient (Wildman–Crippen LogP) is 3.72. The van der Waals surface area contributed by atoms with E-state index >= 15 is 0 Å². The van der Waals surface area contributed by atoms with Gasteiger partial charge in [0.2, 0.25) is 0 Å². The molecule has 0 aliphatic carbocycles. The van der Waals surface area contributed by atoms with Gasteiger partial charge in [0.25, 0.3) is 5.91 Å². The smallest absolute Gasteiger partial charge is 0.253 e. The van der Waals surface area contributed by atoms with Gasteiger partial charge >= 0.3 is 0 Å². The van der Waals surface area contributed by atoms with Crippen molar-refractivity contribution < 1.29 is 4.79 Å². The second-order valence-electron chi connectivity index (χ2n) is 5.86. The van der Waals surface area contributed by atoms with Crippen molar-refractivity contribution in [2.75, 3.05) is 23.7 Å².